The first-order valence-corrected chi connectivity index (χ1v) is 7.79. The van der Waals surface area contributed by atoms with Crippen LogP contribution in [0.1, 0.15) is 52.6 Å². The van der Waals surface area contributed by atoms with E-state index in [-0.39, 0.29) is 12.1 Å². The van der Waals surface area contributed by atoms with E-state index in [4.69, 9.17) is 4.74 Å². The first-order chi connectivity index (χ1) is 9.26. The molecule has 0 fully saturated rings. The van der Waals surface area contributed by atoms with Crippen molar-refractivity contribution in [1.82, 2.24) is 4.90 Å². The number of hydrogen-bond donors (Lipinski definition) is 0. The Bertz CT molecular complexity index is 454. The molecule has 1 aromatic rings. The summed E-state index contributed by atoms with van der Waals surface area (Å²) in [5.74, 6) is 0. The van der Waals surface area contributed by atoms with Gasteiger partial charge < -0.3 is 9.64 Å². The molecule has 0 aliphatic heterocycles. The van der Waals surface area contributed by atoms with Gasteiger partial charge in [0.15, 0.2) is 0 Å². The average Bonchev–Trinajstić information content (AvgIpc) is 2.33. The molecule has 112 valence electrons. The van der Waals surface area contributed by atoms with E-state index in [1.54, 1.807) is 4.90 Å². The Kier molecular flexibility index (Phi) is 6.06. The number of carbonyl (C=O) groups excluding carboxylic acids is 1. The van der Waals surface area contributed by atoms with Gasteiger partial charge in [0.25, 0.3) is 0 Å². The summed E-state index contributed by atoms with van der Waals surface area (Å²) in [7, 11) is 0. The minimum atomic E-state index is -0.475. The Morgan fingerprint density at radius 2 is 1.95 bits per heavy atom. The third kappa shape index (κ3) is 4.82. The quantitative estimate of drug-likeness (QED) is 0.757. The molecule has 0 aliphatic rings. The van der Waals surface area contributed by atoms with Gasteiger partial charge in [-0.3, -0.25) is 0 Å². The molecule has 0 heterocycles. The Morgan fingerprint density at radius 3 is 2.45 bits per heavy atom. The number of amides is 1. The summed E-state index contributed by atoms with van der Waals surface area (Å²) in [5.41, 5.74) is 0.614. The van der Waals surface area contributed by atoms with E-state index in [1.807, 2.05) is 52.0 Å². The van der Waals surface area contributed by atoms with Crippen LogP contribution in [0.4, 0.5) is 4.79 Å². The van der Waals surface area contributed by atoms with Gasteiger partial charge in [-0.2, -0.15) is 0 Å². The number of ether oxygens (including phenoxy) is 1. The van der Waals surface area contributed by atoms with Crippen molar-refractivity contribution in [2.45, 2.75) is 52.7 Å². The van der Waals surface area contributed by atoms with Crippen LogP contribution in [-0.2, 0) is 4.74 Å². The number of benzene rings is 1. The summed E-state index contributed by atoms with van der Waals surface area (Å²) in [6.45, 7) is 10.4. The Labute approximate surface area is 130 Å². The maximum absolute atomic E-state index is 12.4. The second kappa shape index (κ2) is 7.11. The number of rotatable bonds is 4. The number of hydrogen-bond acceptors (Lipinski definition) is 2. The number of halogens is 1. The van der Waals surface area contributed by atoms with Crippen molar-refractivity contribution in [2.24, 2.45) is 0 Å². The van der Waals surface area contributed by atoms with Gasteiger partial charge in [-0.1, -0.05) is 41.1 Å². The largest absolute Gasteiger partial charge is 0.444 e. The van der Waals surface area contributed by atoms with Gasteiger partial charge in [-0.05, 0) is 45.7 Å². The SMILES string of the molecule is CCCN(C(=O)OC(C)(C)C)C(C)c1ccccc1Br. The van der Waals surface area contributed by atoms with Crippen LogP contribution >= 0.6 is 15.9 Å². The highest BCUT2D eigenvalue weighted by atomic mass is 79.9. The zero-order valence-electron chi connectivity index (χ0n) is 12.9. The highest BCUT2D eigenvalue weighted by molar-refractivity contribution is 9.10. The van der Waals surface area contributed by atoms with Crippen LogP contribution in [0.3, 0.4) is 0 Å². The van der Waals surface area contributed by atoms with Gasteiger partial charge >= 0.3 is 6.09 Å². The second-order valence-corrected chi connectivity index (χ2v) is 6.73. The molecule has 20 heavy (non-hydrogen) atoms. The van der Waals surface area contributed by atoms with E-state index >= 15 is 0 Å². The Hall–Kier alpha value is -1.03. The highest BCUT2D eigenvalue weighted by Crippen LogP contribution is 2.28. The molecule has 4 heteroatoms. The molecule has 0 aliphatic carbocycles. The molecular formula is C16H24BrNO2. The standard InChI is InChI=1S/C16H24BrNO2/c1-6-11-18(15(19)20-16(3,4)5)12(2)13-9-7-8-10-14(13)17/h7-10,12H,6,11H2,1-5H3. The van der Waals surface area contributed by atoms with Gasteiger partial charge in [-0.25, -0.2) is 4.79 Å². The molecule has 1 atom stereocenters. The maximum atomic E-state index is 12.4. The molecule has 0 saturated heterocycles. The first-order valence-electron chi connectivity index (χ1n) is 7.00. The lowest BCUT2D eigenvalue weighted by Crippen LogP contribution is -2.39. The smallest absolute Gasteiger partial charge is 0.410 e. The van der Waals surface area contributed by atoms with Crippen molar-refractivity contribution in [1.29, 1.82) is 0 Å². The molecule has 3 nitrogen and oxygen atoms in total. The third-order valence-corrected chi connectivity index (χ3v) is 3.64. The minimum absolute atomic E-state index is 0.0274. The van der Waals surface area contributed by atoms with Crippen molar-refractivity contribution >= 4 is 22.0 Å². The van der Waals surface area contributed by atoms with Crippen molar-refractivity contribution in [3.8, 4) is 0 Å². The fourth-order valence-corrected chi connectivity index (χ4v) is 2.60. The fraction of sp³-hybridized carbons (Fsp3) is 0.562. The van der Waals surface area contributed by atoms with E-state index in [0.29, 0.717) is 6.54 Å². The molecule has 1 unspecified atom stereocenters. The van der Waals surface area contributed by atoms with Crippen LogP contribution < -0.4 is 0 Å². The lowest BCUT2D eigenvalue weighted by atomic mass is 10.1. The number of carbonyl (C=O) groups is 1. The normalized spacial score (nSPS) is 12.9. The van der Waals surface area contributed by atoms with Crippen LogP contribution in [0.25, 0.3) is 0 Å². The van der Waals surface area contributed by atoms with E-state index in [0.717, 1.165) is 16.5 Å². The van der Waals surface area contributed by atoms with Crippen LogP contribution in [0.2, 0.25) is 0 Å². The first kappa shape index (κ1) is 17.0. The lowest BCUT2D eigenvalue weighted by molar-refractivity contribution is 0.0173. The van der Waals surface area contributed by atoms with E-state index < -0.39 is 5.60 Å². The summed E-state index contributed by atoms with van der Waals surface area (Å²) in [6.07, 6.45) is 0.635. The van der Waals surface area contributed by atoms with Gasteiger partial charge in [0, 0.05) is 11.0 Å². The predicted molar refractivity (Wildman–Crippen MR) is 85.8 cm³/mol. The van der Waals surface area contributed by atoms with Gasteiger partial charge in [0.05, 0.1) is 6.04 Å². The van der Waals surface area contributed by atoms with E-state index in [1.165, 1.54) is 0 Å². The van der Waals surface area contributed by atoms with Crippen LogP contribution in [0.15, 0.2) is 28.7 Å². The zero-order chi connectivity index (χ0) is 15.3. The van der Waals surface area contributed by atoms with Crippen molar-refractivity contribution in [3.63, 3.8) is 0 Å². The van der Waals surface area contributed by atoms with Crippen LogP contribution in [0.5, 0.6) is 0 Å². The molecular weight excluding hydrogens is 318 g/mol. The summed E-state index contributed by atoms with van der Waals surface area (Å²) in [6, 6.07) is 7.95. The average molecular weight is 342 g/mol. The van der Waals surface area contributed by atoms with E-state index in [2.05, 4.69) is 22.9 Å². The second-order valence-electron chi connectivity index (χ2n) is 5.87. The monoisotopic (exact) mass is 341 g/mol. The summed E-state index contributed by atoms with van der Waals surface area (Å²) in [4.78, 5) is 14.1. The molecule has 0 aromatic heterocycles. The summed E-state index contributed by atoms with van der Waals surface area (Å²) < 4.78 is 6.52. The maximum Gasteiger partial charge on any atom is 0.410 e. The molecule has 0 N–H and O–H groups in total. The minimum Gasteiger partial charge on any atom is -0.444 e. The highest BCUT2D eigenvalue weighted by Gasteiger charge is 2.26. The topological polar surface area (TPSA) is 29.5 Å². The molecule has 0 spiro atoms. The zero-order valence-corrected chi connectivity index (χ0v) is 14.5. The summed E-state index contributed by atoms with van der Waals surface area (Å²) >= 11 is 3.55. The van der Waals surface area contributed by atoms with Gasteiger partial charge in [0.2, 0.25) is 0 Å². The molecule has 1 amide bonds. The van der Waals surface area contributed by atoms with Gasteiger partial charge in [0.1, 0.15) is 5.60 Å². The van der Waals surface area contributed by atoms with Crippen LogP contribution in [0, 0.1) is 0 Å². The molecule has 1 aromatic carbocycles. The molecule has 1 rings (SSSR count). The molecule has 0 bridgehead atoms. The fourth-order valence-electron chi connectivity index (χ4n) is 1.99. The number of nitrogens with zero attached hydrogens (tertiary/aromatic N) is 1. The van der Waals surface area contributed by atoms with Gasteiger partial charge in [-0.15, -0.1) is 0 Å². The van der Waals surface area contributed by atoms with Crippen LogP contribution in [-0.4, -0.2) is 23.1 Å². The van der Waals surface area contributed by atoms with Crippen molar-refractivity contribution in [2.75, 3.05) is 6.54 Å². The molecule has 0 saturated carbocycles. The Morgan fingerprint density at radius 1 is 1.35 bits per heavy atom. The summed E-state index contributed by atoms with van der Waals surface area (Å²) in [5, 5.41) is 0. The third-order valence-electron chi connectivity index (χ3n) is 2.92. The van der Waals surface area contributed by atoms with Crippen molar-refractivity contribution in [3.05, 3.63) is 34.3 Å². The van der Waals surface area contributed by atoms with Crippen molar-refractivity contribution < 1.29 is 9.53 Å². The lowest BCUT2D eigenvalue weighted by Gasteiger charge is -2.32. The van der Waals surface area contributed by atoms with E-state index in [9.17, 15) is 4.79 Å². The predicted octanol–water partition coefficient (Wildman–Crippen LogP) is 5.16. The Balaban J connectivity index is 2.96. The molecule has 0 radical (unpaired) electrons.